The van der Waals surface area contributed by atoms with Gasteiger partial charge < -0.3 is 10.1 Å². The van der Waals surface area contributed by atoms with E-state index in [2.05, 4.69) is 27.1 Å². The number of carbonyl (C=O) groups is 1. The van der Waals surface area contributed by atoms with Crippen molar-refractivity contribution in [2.24, 2.45) is 0 Å². The third-order valence-electron chi connectivity index (χ3n) is 5.61. The Labute approximate surface area is 156 Å². The van der Waals surface area contributed by atoms with Crippen LogP contribution in [0.4, 0.5) is 5.69 Å². The summed E-state index contributed by atoms with van der Waals surface area (Å²) < 4.78 is 7.39. The monoisotopic (exact) mass is 363 g/mol. The number of ether oxygens (including phenoxy) is 1. The Morgan fingerprint density at radius 1 is 1.23 bits per heavy atom. The molecule has 7 heteroatoms. The number of amides is 1. The van der Waals surface area contributed by atoms with E-state index in [4.69, 9.17) is 4.74 Å². The van der Waals surface area contributed by atoms with E-state index < -0.39 is 0 Å². The normalized spacial score (nSPS) is 22.5. The van der Waals surface area contributed by atoms with Crippen LogP contribution in [0.5, 0.6) is 0 Å². The van der Waals surface area contributed by atoms with Crippen molar-refractivity contribution in [1.82, 2.24) is 19.6 Å². The van der Waals surface area contributed by atoms with Gasteiger partial charge in [-0.1, -0.05) is 6.42 Å². The smallest absolute Gasteiger partial charge is 0.238 e. The highest BCUT2D eigenvalue weighted by Crippen LogP contribution is 2.21. The molecule has 1 amide bonds. The third kappa shape index (κ3) is 4.64. The predicted molar refractivity (Wildman–Crippen MR) is 102 cm³/mol. The molecule has 146 valence electrons. The Hall–Kier alpha value is -1.44. The summed E-state index contributed by atoms with van der Waals surface area (Å²) in [5.74, 6) is 0.0701. The number of likely N-dealkylation sites (tertiary alicyclic amines) is 1. The van der Waals surface area contributed by atoms with Crippen molar-refractivity contribution >= 4 is 11.6 Å². The van der Waals surface area contributed by atoms with Crippen molar-refractivity contribution < 1.29 is 9.53 Å². The van der Waals surface area contributed by atoms with Crippen LogP contribution in [0.15, 0.2) is 0 Å². The number of hydrogen-bond donors (Lipinski definition) is 1. The fourth-order valence-corrected chi connectivity index (χ4v) is 4.11. The Kier molecular flexibility index (Phi) is 6.67. The molecule has 3 rings (SSSR count). The Balaban J connectivity index is 1.58. The molecule has 1 atom stereocenters. The fourth-order valence-electron chi connectivity index (χ4n) is 4.11. The van der Waals surface area contributed by atoms with Crippen LogP contribution < -0.4 is 5.32 Å². The molecule has 0 aromatic carbocycles. The molecule has 0 spiro atoms. The summed E-state index contributed by atoms with van der Waals surface area (Å²) in [6.45, 7) is 13.0. The van der Waals surface area contributed by atoms with Crippen molar-refractivity contribution in [3.05, 3.63) is 11.4 Å². The van der Waals surface area contributed by atoms with Gasteiger partial charge in [0.2, 0.25) is 5.91 Å². The first-order valence-electron chi connectivity index (χ1n) is 9.96. The molecule has 1 aromatic rings. The lowest BCUT2D eigenvalue weighted by Crippen LogP contribution is -2.51. The van der Waals surface area contributed by atoms with Crippen molar-refractivity contribution in [3.8, 4) is 0 Å². The number of morpholine rings is 1. The fraction of sp³-hybridized carbons (Fsp3) is 0.789. The lowest BCUT2D eigenvalue weighted by molar-refractivity contribution is -0.118. The molecule has 7 nitrogen and oxygen atoms in total. The largest absolute Gasteiger partial charge is 0.379 e. The maximum absolute atomic E-state index is 12.7. The van der Waals surface area contributed by atoms with E-state index in [0.717, 1.165) is 63.0 Å². The Morgan fingerprint density at radius 2 is 2.00 bits per heavy atom. The highest BCUT2D eigenvalue weighted by Gasteiger charge is 2.27. The van der Waals surface area contributed by atoms with Crippen molar-refractivity contribution in [3.63, 3.8) is 0 Å². The van der Waals surface area contributed by atoms with E-state index in [9.17, 15) is 4.79 Å². The number of nitrogens with one attached hydrogen (secondary N) is 1. The lowest BCUT2D eigenvalue weighted by Gasteiger charge is -2.39. The maximum Gasteiger partial charge on any atom is 0.238 e. The second kappa shape index (κ2) is 8.97. The minimum Gasteiger partial charge on any atom is -0.379 e. The molecule has 1 aromatic heterocycles. The number of rotatable bonds is 6. The molecular formula is C19H33N5O2. The third-order valence-corrected chi connectivity index (χ3v) is 5.61. The van der Waals surface area contributed by atoms with Crippen LogP contribution >= 0.6 is 0 Å². The van der Waals surface area contributed by atoms with Gasteiger partial charge in [-0.25, -0.2) is 0 Å². The minimum absolute atomic E-state index is 0.0701. The van der Waals surface area contributed by atoms with E-state index in [0.29, 0.717) is 12.6 Å². The molecule has 0 aliphatic carbocycles. The van der Waals surface area contributed by atoms with Crippen LogP contribution in [-0.2, 0) is 16.1 Å². The molecule has 0 radical (unpaired) electrons. The number of aromatic nitrogens is 2. The van der Waals surface area contributed by atoms with E-state index in [1.165, 1.54) is 19.3 Å². The molecule has 2 fully saturated rings. The van der Waals surface area contributed by atoms with Gasteiger partial charge in [-0.15, -0.1) is 0 Å². The lowest BCUT2D eigenvalue weighted by atomic mass is 10.0. The van der Waals surface area contributed by atoms with Gasteiger partial charge in [0.05, 0.1) is 36.8 Å². The van der Waals surface area contributed by atoms with Crippen molar-refractivity contribution in [2.75, 3.05) is 51.3 Å². The minimum atomic E-state index is 0.0701. The zero-order chi connectivity index (χ0) is 18.5. The van der Waals surface area contributed by atoms with Crippen LogP contribution in [0.2, 0.25) is 0 Å². The highest BCUT2D eigenvalue weighted by atomic mass is 16.5. The molecule has 0 unspecified atom stereocenters. The predicted octanol–water partition coefficient (Wildman–Crippen LogP) is 1.65. The van der Waals surface area contributed by atoms with Gasteiger partial charge >= 0.3 is 0 Å². The van der Waals surface area contributed by atoms with Crippen LogP contribution in [0, 0.1) is 13.8 Å². The topological polar surface area (TPSA) is 62.6 Å². The van der Waals surface area contributed by atoms with E-state index in [-0.39, 0.29) is 5.91 Å². The summed E-state index contributed by atoms with van der Waals surface area (Å²) >= 11 is 0. The molecule has 3 heterocycles. The van der Waals surface area contributed by atoms with Crippen molar-refractivity contribution in [1.29, 1.82) is 0 Å². The second-order valence-electron chi connectivity index (χ2n) is 7.44. The molecule has 1 N–H and O–H groups in total. The first-order chi connectivity index (χ1) is 12.6. The van der Waals surface area contributed by atoms with Crippen LogP contribution in [-0.4, -0.2) is 77.5 Å². The Bertz CT molecular complexity index is 609. The number of nitrogens with zero attached hydrogens (tertiary/aromatic N) is 4. The first-order valence-corrected chi connectivity index (χ1v) is 9.96. The molecule has 2 aliphatic rings. The summed E-state index contributed by atoms with van der Waals surface area (Å²) in [6.07, 6.45) is 3.61. The number of anilines is 1. The van der Waals surface area contributed by atoms with Gasteiger partial charge in [-0.2, -0.15) is 5.10 Å². The number of carbonyl (C=O) groups excluding carboxylic acids is 1. The van der Waals surface area contributed by atoms with E-state index in [1.54, 1.807) is 0 Å². The van der Waals surface area contributed by atoms with E-state index >= 15 is 0 Å². The average molecular weight is 364 g/mol. The maximum atomic E-state index is 12.7. The van der Waals surface area contributed by atoms with Crippen LogP contribution in [0.1, 0.15) is 37.6 Å². The average Bonchev–Trinajstić information content (AvgIpc) is 2.92. The Morgan fingerprint density at radius 3 is 2.69 bits per heavy atom. The van der Waals surface area contributed by atoms with Crippen LogP contribution in [0.25, 0.3) is 0 Å². The summed E-state index contributed by atoms with van der Waals surface area (Å²) in [7, 11) is 0. The van der Waals surface area contributed by atoms with Gasteiger partial charge in [0.1, 0.15) is 0 Å². The quantitative estimate of drug-likeness (QED) is 0.833. The number of piperidine rings is 1. The number of hydrogen-bond acceptors (Lipinski definition) is 5. The molecule has 0 saturated carbocycles. The molecule has 0 bridgehead atoms. The SMILES string of the molecule is CCn1nc(C)c(NC(=O)CN2CCCC[C@H]2CN2CCOCC2)c1C. The standard InChI is InChI=1S/C19H33N5O2/c1-4-24-16(3)19(15(2)21-24)20-18(25)14-23-8-6-5-7-17(23)13-22-9-11-26-12-10-22/h17H,4-14H2,1-3H3,(H,20,25)/t17-/m0/s1. The summed E-state index contributed by atoms with van der Waals surface area (Å²) in [4.78, 5) is 17.5. The summed E-state index contributed by atoms with van der Waals surface area (Å²) in [5, 5.41) is 7.60. The molecule has 2 aliphatic heterocycles. The molecular weight excluding hydrogens is 330 g/mol. The highest BCUT2D eigenvalue weighted by molar-refractivity contribution is 5.93. The number of aryl methyl sites for hydroxylation is 2. The van der Waals surface area contributed by atoms with Gasteiger partial charge in [-0.3, -0.25) is 19.3 Å². The first kappa shape index (κ1) is 19.3. The summed E-state index contributed by atoms with van der Waals surface area (Å²) in [5.41, 5.74) is 2.79. The van der Waals surface area contributed by atoms with Gasteiger partial charge in [0, 0.05) is 32.2 Å². The zero-order valence-electron chi connectivity index (χ0n) is 16.5. The van der Waals surface area contributed by atoms with Gasteiger partial charge in [0.25, 0.3) is 0 Å². The van der Waals surface area contributed by atoms with Gasteiger partial charge in [0.15, 0.2) is 0 Å². The van der Waals surface area contributed by atoms with Gasteiger partial charge in [-0.05, 0) is 40.2 Å². The molecule has 26 heavy (non-hydrogen) atoms. The van der Waals surface area contributed by atoms with Crippen LogP contribution in [0.3, 0.4) is 0 Å². The summed E-state index contributed by atoms with van der Waals surface area (Å²) in [6, 6.07) is 0.466. The second-order valence-corrected chi connectivity index (χ2v) is 7.44. The molecule has 2 saturated heterocycles. The van der Waals surface area contributed by atoms with Crippen molar-refractivity contribution in [2.45, 2.75) is 52.6 Å². The zero-order valence-corrected chi connectivity index (χ0v) is 16.5. The van der Waals surface area contributed by atoms with E-state index in [1.807, 2.05) is 18.5 Å².